The predicted molar refractivity (Wildman–Crippen MR) is 75.7 cm³/mol. The molecule has 0 saturated heterocycles. The van der Waals surface area contributed by atoms with Gasteiger partial charge in [0.05, 0.1) is 6.26 Å². The molecule has 100 valence electrons. The molecule has 1 rings (SSSR count). The fourth-order valence-corrected chi connectivity index (χ4v) is 2.11. The van der Waals surface area contributed by atoms with Crippen LogP contribution in [0.25, 0.3) is 0 Å². The second-order valence-electron chi connectivity index (χ2n) is 3.76. The molecule has 0 heterocycles. The molecular formula is C11H15BrN2O3S. The average Bonchev–Trinajstić information content (AvgIpc) is 2.26. The smallest absolute Gasteiger partial charge is 0.208 e. The SMILES string of the molecule is CS(=O)(=O)NCCCN=Cc1cc(Br)ccc1O. The number of hydrogen-bond acceptors (Lipinski definition) is 4. The second-order valence-corrected chi connectivity index (χ2v) is 6.51. The normalized spacial score (nSPS) is 12.1. The van der Waals surface area contributed by atoms with Gasteiger partial charge in [-0.3, -0.25) is 4.99 Å². The fourth-order valence-electron chi connectivity index (χ4n) is 1.22. The highest BCUT2D eigenvalue weighted by atomic mass is 79.9. The van der Waals surface area contributed by atoms with Crippen molar-refractivity contribution in [2.75, 3.05) is 19.3 Å². The summed E-state index contributed by atoms with van der Waals surface area (Å²) in [7, 11) is -3.12. The predicted octanol–water partition coefficient (Wildman–Crippen LogP) is 1.51. The largest absolute Gasteiger partial charge is 0.507 e. The quantitative estimate of drug-likeness (QED) is 0.611. The average molecular weight is 335 g/mol. The highest BCUT2D eigenvalue weighted by Gasteiger charge is 1.99. The van der Waals surface area contributed by atoms with Crippen molar-refractivity contribution in [1.29, 1.82) is 0 Å². The maximum atomic E-state index is 10.8. The van der Waals surface area contributed by atoms with Crippen LogP contribution in [0.1, 0.15) is 12.0 Å². The van der Waals surface area contributed by atoms with Crippen molar-refractivity contribution in [3.63, 3.8) is 0 Å². The highest BCUT2D eigenvalue weighted by molar-refractivity contribution is 9.10. The van der Waals surface area contributed by atoms with Gasteiger partial charge in [0.25, 0.3) is 0 Å². The number of aromatic hydroxyl groups is 1. The van der Waals surface area contributed by atoms with Crippen molar-refractivity contribution >= 4 is 32.2 Å². The first-order valence-electron chi connectivity index (χ1n) is 5.31. The summed E-state index contributed by atoms with van der Waals surface area (Å²) in [6, 6.07) is 5.08. The van der Waals surface area contributed by atoms with Gasteiger partial charge in [0.1, 0.15) is 5.75 Å². The molecule has 0 aromatic heterocycles. The van der Waals surface area contributed by atoms with Crippen LogP contribution in [0, 0.1) is 0 Å². The Hall–Kier alpha value is -0.920. The van der Waals surface area contributed by atoms with E-state index in [4.69, 9.17) is 0 Å². The molecule has 0 aliphatic heterocycles. The number of phenols is 1. The molecule has 0 unspecified atom stereocenters. The van der Waals surface area contributed by atoms with Gasteiger partial charge in [-0.1, -0.05) is 15.9 Å². The van der Waals surface area contributed by atoms with Crippen molar-refractivity contribution in [3.8, 4) is 5.75 Å². The Morgan fingerprint density at radius 3 is 2.89 bits per heavy atom. The standard InChI is InChI=1S/C11H15BrN2O3S/c1-18(16,17)14-6-2-5-13-8-9-7-10(12)3-4-11(9)15/h3-4,7-8,14-15H,2,5-6H2,1H3. The summed E-state index contributed by atoms with van der Waals surface area (Å²) in [5.41, 5.74) is 0.625. The van der Waals surface area contributed by atoms with Gasteiger partial charge < -0.3 is 5.11 Å². The van der Waals surface area contributed by atoms with Gasteiger partial charge >= 0.3 is 0 Å². The molecule has 7 heteroatoms. The summed E-state index contributed by atoms with van der Waals surface area (Å²) >= 11 is 3.30. The summed E-state index contributed by atoms with van der Waals surface area (Å²) in [5.74, 6) is 0.163. The molecule has 0 bridgehead atoms. The van der Waals surface area contributed by atoms with Crippen LogP contribution in [0.5, 0.6) is 5.75 Å². The van der Waals surface area contributed by atoms with Gasteiger partial charge in [0.15, 0.2) is 0 Å². The number of halogens is 1. The molecule has 1 aromatic rings. The second kappa shape index (κ2) is 6.86. The lowest BCUT2D eigenvalue weighted by atomic mass is 10.2. The zero-order valence-corrected chi connectivity index (χ0v) is 12.3. The van der Waals surface area contributed by atoms with Crippen molar-refractivity contribution in [3.05, 3.63) is 28.2 Å². The lowest BCUT2D eigenvalue weighted by Crippen LogP contribution is -2.23. The molecular weight excluding hydrogens is 320 g/mol. The van der Waals surface area contributed by atoms with E-state index in [2.05, 4.69) is 25.6 Å². The van der Waals surface area contributed by atoms with Crippen LogP contribution in [0.3, 0.4) is 0 Å². The molecule has 0 spiro atoms. The molecule has 0 radical (unpaired) electrons. The Balaban J connectivity index is 2.39. The van der Waals surface area contributed by atoms with E-state index in [1.807, 2.05) is 0 Å². The summed E-state index contributed by atoms with van der Waals surface area (Å²) in [6.07, 6.45) is 3.30. The number of aliphatic imine (C=N–C) groups is 1. The van der Waals surface area contributed by atoms with Crippen LogP contribution in [-0.2, 0) is 10.0 Å². The van der Waals surface area contributed by atoms with E-state index in [1.165, 1.54) is 0 Å². The van der Waals surface area contributed by atoms with E-state index in [9.17, 15) is 13.5 Å². The molecule has 0 atom stereocenters. The van der Waals surface area contributed by atoms with E-state index < -0.39 is 10.0 Å². The van der Waals surface area contributed by atoms with Crippen LogP contribution < -0.4 is 4.72 Å². The summed E-state index contributed by atoms with van der Waals surface area (Å²) in [4.78, 5) is 4.12. The van der Waals surface area contributed by atoms with E-state index in [0.29, 0.717) is 25.1 Å². The third-order valence-corrected chi connectivity index (χ3v) is 3.27. The molecule has 0 fully saturated rings. The van der Waals surface area contributed by atoms with Crippen molar-refractivity contribution < 1.29 is 13.5 Å². The molecule has 2 N–H and O–H groups in total. The molecule has 5 nitrogen and oxygen atoms in total. The first kappa shape index (κ1) is 15.1. The molecule has 18 heavy (non-hydrogen) atoms. The number of benzene rings is 1. The van der Waals surface area contributed by atoms with Crippen molar-refractivity contribution in [2.45, 2.75) is 6.42 Å². The zero-order chi connectivity index (χ0) is 13.6. The van der Waals surface area contributed by atoms with Gasteiger partial charge in [0.2, 0.25) is 10.0 Å². The Labute approximate surface area is 115 Å². The van der Waals surface area contributed by atoms with E-state index in [-0.39, 0.29) is 5.75 Å². The first-order chi connectivity index (χ1) is 8.38. The van der Waals surface area contributed by atoms with Crippen LogP contribution in [0.4, 0.5) is 0 Å². The molecule has 0 aliphatic rings. The van der Waals surface area contributed by atoms with Crippen molar-refractivity contribution in [1.82, 2.24) is 4.72 Å². The van der Waals surface area contributed by atoms with Crippen LogP contribution >= 0.6 is 15.9 Å². The Morgan fingerprint density at radius 2 is 2.22 bits per heavy atom. The van der Waals surface area contributed by atoms with Gasteiger partial charge in [0, 0.05) is 29.3 Å². The monoisotopic (exact) mass is 334 g/mol. The van der Waals surface area contributed by atoms with E-state index >= 15 is 0 Å². The topological polar surface area (TPSA) is 78.8 Å². The summed E-state index contributed by atoms with van der Waals surface area (Å²) in [5, 5.41) is 9.54. The minimum absolute atomic E-state index is 0.163. The molecule has 0 amide bonds. The van der Waals surface area contributed by atoms with Gasteiger partial charge in [-0.05, 0) is 24.6 Å². The van der Waals surface area contributed by atoms with Crippen LogP contribution in [0.2, 0.25) is 0 Å². The summed E-state index contributed by atoms with van der Waals surface area (Å²) < 4.78 is 24.8. The Kier molecular flexibility index (Phi) is 5.77. The molecule has 0 aliphatic carbocycles. The maximum absolute atomic E-state index is 10.8. The number of phenolic OH excluding ortho intramolecular Hbond substituents is 1. The first-order valence-corrected chi connectivity index (χ1v) is 8.00. The van der Waals surface area contributed by atoms with Gasteiger partial charge in [-0.2, -0.15) is 0 Å². The minimum Gasteiger partial charge on any atom is -0.507 e. The maximum Gasteiger partial charge on any atom is 0.208 e. The Bertz CT molecular complexity index is 529. The highest BCUT2D eigenvalue weighted by Crippen LogP contribution is 2.19. The molecule has 1 aromatic carbocycles. The lowest BCUT2D eigenvalue weighted by Gasteiger charge is -2.00. The Morgan fingerprint density at radius 1 is 1.50 bits per heavy atom. The van der Waals surface area contributed by atoms with Gasteiger partial charge in [-0.15, -0.1) is 0 Å². The van der Waals surface area contributed by atoms with Crippen LogP contribution in [0.15, 0.2) is 27.7 Å². The van der Waals surface area contributed by atoms with Crippen molar-refractivity contribution in [2.24, 2.45) is 4.99 Å². The lowest BCUT2D eigenvalue weighted by molar-refractivity contribution is 0.474. The van der Waals surface area contributed by atoms with Gasteiger partial charge in [-0.25, -0.2) is 13.1 Å². The van der Waals surface area contributed by atoms with E-state index in [0.717, 1.165) is 10.7 Å². The van der Waals surface area contributed by atoms with E-state index in [1.54, 1.807) is 24.4 Å². The fraction of sp³-hybridized carbons (Fsp3) is 0.364. The number of rotatable bonds is 6. The number of nitrogens with zero attached hydrogens (tertiary/aromatic N) is 1. The number of sulfonamides is 1. The zero-order valence-electron chi connectivity index (χ0n) is 9.93. The molecule has 0 saturated carbocycles. The van der Waals surface area contributed by atoms with Crippen LogP contribution in [-0.4, -0.2) is 39.1 Å². The summed E-state index contributed by atoms with van der Waals surface area (Å²) in [6.45, 7) is 0.856. The minimum atomic E-state index is -3.12. The third-order valence-electron chi connectivity index (χ3n) is 2.05. The third kappa shape index (κ3) is 6.13. The number of nitrogens with one attached hydrogen (secondary N) is 1. The number of hydrogen-bond donors (Lipinski definition) is 2.